The third kappa shape index (κ3) is 6.94. The van der Waals surface area contributed by atoms with E-state index in [1.54, 1.807) is 0 Å². The van der Waals surface area contributed by atoms with Crippen molar-refractivity contribution < 1.29 is 8.83 Å². The standard InChI is InChI=1S/C66H47N3O2/c1-40-48-22-11-12-23-50(48)55-38-46(42-18-7-3-8-19-42)32-34-51(55)60(40)53-36-35-49(63-62(53)52-24-13-14-26-57(52)71-63)47-33-37-58-56(39-47)61-54(25-15-27-59(61)70-58)66-68-64(44-20-9-4-10-21-44)67-65(69-66)45-30-28-43(29-31-45)41-16-5-2-6-17-41/h2-37,40,47,55,60H,38-39H2,1H3. The summed E-state index contributed by atoms with van der Waals surface area (Å²) in [7, 11) is 0. The zero-order valence-electron chi connectivity index (χ0n) is 39.2. The van der Waals surface area contributed by atoms with Gasteiger partial charge >= 0.3 is 0 Å². The normalized spacial score (nSPS) is 18.2. The van der Waals surface area contributed by atoms with Crippen LogP contribution in [-0.4, -0.2) is 15.0 Å². The van der Waals surface area contributed by atoms with Crippen molar-refractivity contribution in [1.82, 2.24) is 15.0 Å². The molecule has 8 aromatic carbocycles. The summed E-state index contributed by atoms with van der Waals surface area (Å²) in [5.41, 5.74) is 18.4. The molecule has 0 N–H and O–H groups in total. The highest BCUT2D eigenvalue weighted by Crippen LogP contribution is 2.57. The number of allylic oxidation sites excluding steroid dienone is 5. The highest BCUT2D eigenvalue weighted by molar-refractivity contribution is 6.09. The molecule has 71 heavy (non-hydrogen) atoms. The van der Waals surface area contributed by atoms with E-state index in [0.29, 0.717) is 17.5 Å². The minimum Gasteiger partial charge on any atom is -0.456 e. The quantitative estimate of drug-likeness (QED) is 0.159. The Morgan fingerprint density at radius 2 is 1.06 bits per heavy atom. The molecule has 0 bridgehead atoms. The molecule has 3 aromatic heterocycles. The predicted octanol–water partition coefficient (Wildman–Crippen LogP) is 16.9. The van der Waals surface area contributed by atoms with Gasteiger partial charge in [-0.3, -0.25) is 0 Å². The van der Waals surface area contributed by atoms with Crippen LogP contribution < -0.4 is 0 Å². The third-order valence-corrected chi connectivity index (χ3v) is 15.4. The van der Waals surface area contributed by atoms with Crippen molar-refractivity contribution in [2.24, 2.45) is 0 Å². The van der Waals surface area contributed by atoms with E-state index < -0.39 is 0 Å². The topological polar surface area (TPSA) is 65.0 Å². The molecule has 4 atom stereocenters. The van der Waals surface area contributed by atoms with Crippen molar-refractivity contribution >= 4 is 44.6 Å². The van der Waals surface area contributed by atoms with Gasteiger partial charge in [0.15, 0.2) is 17.5 Å². The Kier molecular flexibility index (Phi) is 9.77. The number of hydrogen-bond acceptors (Lipinski definition) is 5. The molecule has 5 nitrogen and oxygen atoms in total. The molecule has 0 spiro atoms. The lowest BCUT2D eigenvalue weighted by atomic mass is 9.62. The molecule has 3 aliphatic carbocycles. The van der Waals surface area contributed by atoms with Crippen LogP contribution in [0.15, 0.2) is 227 Å². The van der Waals surface area contributed by atoms with E-state index in [1.807, 2.05) is 30.3 Å². The second kappa shape index (κ2) is 16.8. The molecule has 3 aliphatic rings. The maximum absolute atomic E-state index is 7.06. The van der Waals surface area contributed by atoms with Crippen molar-refractivity contribution in [2.75, 3.05) is 0 Å². The lowest BCUT2D eigenvalue weighted by Gasteiger charge is -2.41. The van der Waals surface area contributed by atoms with Crippen LogP contribution in [0.1, 0.15) is 76.2 Å². The SMILES string of the molecule is CC1c2ccccc2C2CC(c3ccccc3)=CC=C2C1c1ccc(C2C=Cc3oc4cccc(-c5nc(-c6ccccc6)nc(-c6ccc(-c7ccccc7)cc6)n5)c4c3C2)c2oc3ccccc3c12. The molecule has 3 heterocycles. The summed E-state index contributed by atoms with van der Waals surface area (Å²) < 4.78 is 13.8. The van der Waals surface area contributed by atoms with Crippen LogP contribution >= 0.6 is 0 Å². The molecule has 0 saturated carbocycles. The van der Waals surface area contributed by atoms with Crippen LogP contribution in [0, 0.1) is 0 Å². The largest absolute Gasteiger partial charge is 0.456 e. The van der Waals surface area contributed by atoms with Crippen molar-refractivity contribution in [1.29, 1.82) is 0 Å². The fraction of sp³-hybridized carbons (Fsp3) is 0.106. The molecule has 0 aliphatic heterocycles. The molecule has 0 amide bonds. The average molecular weight is 914 g/mol. The summed E-state index contributed by atoms with van der Waals surface area (Å²) in [4.78, 5) is 15.5. The van der Waals surface area contributed by atoms with E-state index in [2.05, 4.69) is 195 Å². The van der Waals surface area contributed by atoms with Gasteiger partial charge < -0.3 is 8.83 Å². The van der Waals surface area contributed by atoms with Gasteiger partial charge in [0.05, 0.1) is 0 Å². The third-order valence-electron chi connectivity index (χ3n) is 15.4. The van der Waals surface area contributed by atoms with Gasteiger partial charge in [0, 0.05) is 61.7 Å². The fourth-order valence-electron chi connectivity index (χ4n) is 12.0. The molecule has 0 radical (unpaired) electrons. The molecule has 0 fully saturated rings. The first-order chi connectivity index (χ1) is 35.1. The number of fused-ring (bicyclic) bond motifs is 9. The van der Waals surface area contributed by atoms with Gasteiger partial charge in [-0.05, 0) is 75.9 Å². The van der Waals surface area contributed by atoms with E-state index in [4.69, 9.17) is 23.8 Å². The Labute approximate surface area is 412 Å². The Hall–Kier alpha value is -8.67. The van der Waals surface area contributed by atoms with Gasteiger partial charge in [-0.25, -0.2) is 15.0 Å². The maximum atomic E-state index is 7.06. The number of furan rings is 2. The highest BCUT2D eigenvalue weighted by atomic mass is 16.3. The summed E-state index contributed by atoms with van der Waals surface area (Å²) in [5.74, 6) is 3.45. The van der Waals surface area contributed by atoms with Crippen LogP contribution in [-0.2, 0) is 6.42 Å². The van der Waals surface area contributed by atoms with Gasteiger partial charge in [-0.1, -0.05) is 213 Å². The summed E-state index contributed by atoms with van der Waals surface area (Å²) in [6.07, 6.45) is 11.0. The van der Waals surface area contributed by atoms with Crippen LogP contribution in [0.3, 0.4) is 0 Å². The minimum atomic E-state index is 0.0212. The molecule has 14 rings (SSSR count). The Balaban J connectivity index is 0.883. The zero-order chi connectivity index (χ0) is 47.0. The lowest BCUT2D eigenvalue weighted by Crippen LogP contribution is -2.25. The maximum Gasteiger partial charge on any atom is 0.164 e. The molecule has 4 unspecified atom stereocenters. The zero-order valence-corrected chi connectivity index (χ0v) is 39.2. The summed E-state index contributed by atoms with van der Waals surface area (Å²) in [6, 6.07) is 68.7. The first-order valence-electron chi connectivity index (χ1n) is 24.8. The first-order valence-corrected chi connectivity index (χ1v) is 24.8. The fourth-order valence-corrected chi connectivity index (χ4v) is 12.0. The number of rotatable bonds is 7. The number of aromatic nitrogens is 3. The second-order valence-corrected chi connectivity index (χ2v) is 19.3. The smallest absolute Gasteiger partial charge is 0.164 e. The average Bonchev–Trinajstić information content (AvgIpc) is 4.03. The number of benzene rings is 8. The van der Waals surface area contributed by atoms with E-state index in [1.165, 1.54) is 44.3 Å². The van der Waals surface area contributed by atoms with Crippen molar-refractivity contribution in [2.45, 2.75) is 43.4 Å². The highest BCUT2D eigenvalue weighted by Gasteiger charge is 2.40. The first kappa shape index (κ1) is 41.3. The summed E-state index contributed by atoms with van der Waals surface area (Å²) in [5, 5.41) is 3.40. The van der Waals surface area contributed by atoms with Crippen LogP contribution in [0.25, 0.3) is 89.8 Å². The van der Waals surface area contributed by atoms with Gasteiger partial charge in [0.2, 0.25) is 0 Å². The summed E-state index contributed by atoms with van der Waals surface area (Å²) in [6.45, 7) is 2.42. The van der Waals surface area contributed by atoms with Crippen molar-refractivity contribution in [3.05, 3.63) is 257 Å². The predicted molar refractivity (Wildman–Crippen MR) is 288 cm³/mol. The van der Waals surface area contributed by atoms with E-state index in [-0.39, 0.29) is 23.7 Å². The Morgan fingerprint density at radius 3 is 1.83 bits per heavy atom. The van der Waals surface area contributed by atoms with E-state index in [0.717, 1.165) is 79.5 Å². The van der Waals surface area contributed by atoms with E-state index >= 15 is 0 Å². The second-order valence-electron chi connectivity index (χ2n) is 19.3. The van der Waals surface area contributed by atoms with Crippen molar-refractivity contribution in [3.63, 3.8) is 0 Å². The molecule has 338 valence electrons. The molecule has 11 aromatic rings. The molecular weight excluding hydrogens is 867 g/mol. The monoisotopic (exact) mass is 913 g/mol. The van der Waals surface area contributed by atoms with E-state index in [9.17, 15) is 0 Å². The molecule has 5 heteroatoms. The number of hydrogen-bond donors (Lipinski definition) is 0. The molecular formula is C66H47N3O2. The Morgan fingerprint density at radius 1 is 0.451 bits per heavy atom. The summed E-state index contributed by atoms with van der Waals surface area (Å²) >= 11 is 0. The van der Waals surface area contributed by atoms with Gasteiger partial charge in [0.1, 0.15) is 22.5 Å². The van der Waals surface area contributed by atoms with Crippen LogP contribution in [0.4, 0.5) is 0 Å². The van der Waals surface area contributed by atoms with Crippen LogP contribution in [0.2, 0.25) is 0 Å². The van der Waals surface area contributed by atoms with Gasteiger partial charge in [-0.2, -0.15) is 0 Å². The van der Waals surface area contributed by atoms with Gasteiger partial charge in [-0.15, -0.1) is 0 Å². The molecule has 0 saturated heterocycles. The lowest BCUT2D eigenvalue weighted by molar-refractivity contribution is 0.552. The number of para-hydroxylation sites is 1. The van der Waals surface area contributed by atoms with Crippen molar-refractivity contribution in [3.8, 4) is 45.3 Å². The van der Waals surface area contributed by atoms with Crippen LogP contribution in [0.5, 0.6) is 0 Å². The Bertz CT molecular complexity index is 3960. The van der Waals surface area contributed by atoms with Gasteiger partial charge in [0.25, 0.3) is 0 Å². The number of nitrogens with zero attached hydrogens (tertiary/aromatic N) is 3. The minimum absolute atomic E-state index is 0.0212.